The molecule has 0 spiro atoms. The molecule has 0 aliphatic carbocycles. The van der Waals surface area contributed by atoms with Crippen LogP contribution in [0.2, 0.25) is 0 Å². The smallest absolute Gasteiger partial charge is 0.328 e. The zero-order valence-corrected chi connectivity index (χ0v) is 11.7. The zero-order valence-electron chi connectivity index (χ0n) is 10.9. The number of rotatable bonds is 5. The molecule has 1 aliphatic heterocycles. The van der Waals surface area contributed by atoms with Gasteiger partial charge in [-0.05, 0) is 12.1 Å². The van der Waals surface area contributed by atoms with Crippen LogP contribution in [0.4, 0.5) is 10.1 Å². The topological polar surface area (TPSA) is 86.7 Å². The van der Waals surface area contributed by atoms with Crippen molar-refractivity contribution in [3.8, 4) is 0 Å². The summed E-state index contributed by atoms with van der Waals surface area (Å²) in [4.78, 5) is 36.5. The highest BCUT2D eigenvalue weighted by molar-refractivity contribution is 8.00. The van der Waals surface area contributed by atoms with Crippen LogP contribution in [0, 0.1) is 0 Å². The summed E-state index contributed by atoms with van der Waals surface area (Å²) in [5, 5.41) is 10.7. The molecule has 112 valence electrons. The molecule has 1 aromatic carbocycles. The predicted octanol–water partition coefficient (Wildman–Crippen LogP) is 0.664. The van der Waals surface area contributed by atoms with Crippen LogP contribution in [0.15, 0.2) is 29.2 Å². The second kappa shape index (κ2) is 6.57. The van der Waals surface area contributed by atoms with Crippen molar-refractivity contribution in [2.24, 2.45) is 0 Å². The fraction of sp³-hybridized carbons (Fsp3) is 0.308. The number of para-hydroxylation sites is 1. The molecular weight excluding hydrogens is 299 g/mol. The minimum absolute atomic E-state index is 0.204. The Labute approximate surface area is 124 Å². The minimum Gasteiger partial charge on any atom is -0.480 e. The van der Waals surface area contributed by atoms with Crippen LogP contribution in [0.25, 0.3) is 0 Å². The van der Waals surface area contributed by atoms with Gasteiger partial charge in [0.1, 0.15) is 13.2 Å². The summed E-state index contributed by atoms with van der Waals surface area (Å²) in [5.41, 5.74) is 0.598. The first-order chi connectivity index (χ1) is 10.0. The van der Waals surface area contributed by atoms with Gasteiger partial charge in [-0.15, -0.1) is 11.8 Å². The number of amides is 2. The maximum absolute atomic E-state index is 12.5. The largest absolute Gasteiger partial charge is 0.480 e. The highest BCUT2D eigenvalue weighted by Gasteiger charge is 2.28. The summed E-state index contributed by atoms with van der Waals surface area (Å²) in [5.74, 6) is -2.21. The Balaban J connectivity index is 2.10. The summed E-state index contributed by atoms with van der Waals surface area (Å²) >= 11 is 1.37. The van der Waals surface area contributed by atoms with Gasteiger partial charge in [0.25, 0.3) is 0 Å². The average Bonchev–Trinajstić information content (AvgIpc) is 2.47. The summed E-state index contributed by atoms with van der Waals surface area (Å²) < 4.78 is 12.5. The lowest BCUT2D eigenvalue weighted by Gasteiger charge is -2.28. The first-order valence-electron chi connectivity index (χ1n) is 6.13. The standard InChI is InChI=1S/C13H13FN2O4S/c14-5-8(13(19)20)15-11(17)6-16-9-3-1-2-4-10(9)21-7-12(16)18/h1-4,8H,5-7H2,(H,15,17)(H,19,20). The average molecular weight is 312 g/mol. The SMILES string of the molecule is O=C(CN1C(=O)CSc2ccccc21)NC(CF)C(=O)O. The molecular formula is C13H13FN2O4S. The Morgan fingerprint density at radius 1 is 1.43 bits per heavy atom. The number of aliphatic carboxylic acids is 1. The van der Waals surface area contributed by atoms with Crippen LogP contribution in [-0.2, 0) is 14.4 Å². The van der Waals surface area contributed by atoms with E-state index in [0.29, 0.717) is 5.69 Å². The van der Waals surface area contributed by atoms with Crippen molar-refractivity contribution in [2.45, 2.75) is 10.9 Å². The van der Waals surface area contributed by atoms with Crippen molar-refractivity contribution in [2.75, 3.05) is 23.9 Å². The molecule has 0 aromatic heterocycles. The third-order valence-corrected chi connectivity index (χ3v) is 3.95. The number of alkyl halides is 1. The van der Waals surface area contributed by atoms with E-state index in [-0.39, 0.29) is 18.2 Å². The van der Waals surface area contributed by atoms with Gasteiger partial charge in [0.15, 0.2) is 6.04 Å². The van der Waals surface area contributed by atoms with Gasteiger partial charge in [0.2, 0.25) is 11.8 Å². The number of carbonyl (C=O) groups excluding carboxylic acids is 2. The number of hydrogen-bond donors (Lipinski definition) is 2. The fourth-order valence-electron chi connectivity index (χ4n) is 1.88. The number of carboxylic acid groups (broad SMARTS) is 1. The van der Waals surface area contributed by atoms with Crippen molar-refractivity contribution >= 4 is 35.2 Å². The molecule has 1 heterocycles. The van der Waals surface area contributed by atoms with Gasteiger partial charge in [-0.1, -0.05) is 12.1 Å². The number of hydrogen-bond acceptors (Lipinski definition) is 4. The summed E-state index contributed by atoms with van der Waals surface area (Å²) in [6, 6.07) is 5.51. The van der Waals surface area contributed by atoms with Crippen LogP contribution in [-0.4, -0.2) is 47.9 Å². The number of carboxylic acids is 1. The Morgan fingerprint density at radius 3 is 2.81 bits per heavy atom. The van der Waals surface area contributed by atoms with Gasteiger partial charge in [-0.3, -0.25) is 9.59 Å². The lowest BCUT2D eigenvalue weighted by Crippen LogP contribution is -2.49. The second-order valence-corrected chi connectivity index (χ2v) is 5.37. The number of fused-ring (bicyclic) bond motifs is 1. The van der Waals surface area contributed by atoms with E-state index in [1.54, 1.807) is 12.1 Å². The molecule has 2 amide bonds. The van der Waals surface area contributed by atoms with Crippen LogP contribution in [0.5, 0.6) is 0 Å². The van der Waals surface area contributed by atoms with E-state index in [0.717, 1.165) is 4.90 Å². The molecule has 6 nitrogen and oxygen atoms in total. The molecule has 2 rings (SSSR count). The van der Waals surface area contributed by atoms with Crippen molar-refractivity contribution in [3.05, 3.63) is 24.3 Å². The molecule has 0 saturated carbocycles. The van der Waals surface area contributed by atoms with Gasteiger partial charge in [0, 0.05) is 4.90 Å². The van der Waals surface area contributed by atoms with Gasteiger partial charge in [-0.2, -0.15) is 0 Å². The van der Waals surface area contributed by atoms with Crippen LogP contribution >= 0.6 is 11.8 Å². The summed E-state index contributed by atoms with van der Waals surface area (Å²) in [6.07, 6.45) is 0. The molecule has 1 atom stereocenters. The first-order valence-corrected chi connectivity index (χ1v) is 7.12. The van der Waals surface area contributed by atoms with Crippen molar-refractivity contribution in [3.63, 3.8) is 0 Å². The van der Waals surface area contributed by atoms with Crippen LogP contribution < -0.4 is 10.2 Å². The van der Waals surface area contributed by atoms with E-state index < -0.39 is 24.6 Å². The third-order valence-electron chi connectivity index (χ3n) is 2.90. The van der Waals surface area contributed by atoms with Crippen molar-refractivity contribution in [1.29, 1.82) is 0 Å². The molecule has 2 N–H and O–H groups in total. The normalized spacial score (nSPS) is 15.3. The van der Waals surface area contributed by atoms with Gasteiger partial charge >= 0.3 is 5.97 Å². The monoisotopic (exact) mass is 312 g/mol. The molecule has 8 heteroatoms. The number of halogens is 1. The molecule has 1 unspecified atom stereocenters. The molecule has 0 saturated heterocycles. The zero-order chi connectivity index (χ0) is 15.4. The quantitative estimate of drug-likeness (QED) is 0.834. The number of carbonyl (C=O) groups is 3. The van der Waals surface area contributed by atoms with Gasteiger partial charge in [0.05, 0.1) is 11.4 Å². The molecule has 0 bridgehead atoms. The molecule has 21 heavy (non-hydrogen) atoms. The maximum atomic E-state index is 12.5. The number of thioether (sulfide) groups is 1. The Kier molecular flexibility index (Phi) is 4.79. The Morgan fingerprint density at radius 2 is 2.14 bits per heavy atom. The summed E-state index contributed by atoms with van der Waals surface area (Å²) in [7, 11) is 0. The molecule has 1 aromatic rings. The minimum atomic E-state index is -1.60. The lowest BCUT2D eigenvalue weighted by atomic mass is 10.2. The lowest BCUT2D eigenvalue weighted by molar-refractivity contribution is -0.142. The number of benzene rings is 1. The number of anilines is 1. The third kappa shape index (κ3) is 3.52. The Bertz CT molecular complexity index is 581. The van der Waals surface area contributed by atoms with Gasteiger partial charge in [-0.25, -0.2) is 9.18 Å². The molecule has 1 aliphatic rings. The summed E-state index contributed by atoms with van der Waals surface area (Å²) in [6.45, 7) is -1.54. The number of nitrogens with one attached hydrogen (secondary N) is 1. The van der Waals surface area contributed by atoms with Crippen LogP contribution in [0.1, 0.15) is 0 Å². The Hall–Kier alpha value is -2.09. The molecule has 0 fully saturated rings. The maximum Gasteiger partial charge on any atom is 0.328 e. The fourth-order valence-corrected chi connectivity index (χ4v) is 2.81. The number of nitrogens with zero attached hydrogens (tertiary/aromatic N) is 1. The van der Waals surface area contributed by atoms with Gasteiger partial charge < -0.3 is 15.3 Å². The van der Waals surface area contributed by atoms with E-state index in [1.165, 1.54) is 16.7 Å². The highest BCUT2D eigenvalue weighted by atomic mass is 32.2. The van der Waals surface area contributed by atoms with E-state index in [4.69, 9.17) is 5.11 Å². The first kappa shape index (κ1) is 15.3. The second-order valence-electron chi connectivity index (χ2n) is 4.35. The predicted molar refractivity (Wildman–Crippen MR) is 75.1 cm³/mol. The molecule has 0 radical (unpaired) electrons. The van der Waals surface area contributed by atoms with E-state index in [2.05, 4.69) is 5.32 Å². The van der Waals surface area contributed by atoms with Crippen LogP contribution in [0.3, 0.4) is 0 Å². The van der Waals surface area contributed by atoms with Crippen molar-refractivity contribution < 1.29 is 23.9 Å². The van der Waals surface area contributed by atoms with E-state index in [9.17, 15) is 18.8 Å². The van der Waals surface area contributed by atoms with E-state index >= 15 is 0 Å². The van der Waals surface area contributed by atoms with Crippen molar-refractivity contribution in [1.82, 2.24) is 5.32 Å². The van der Waals surface area contributed by atoms with E-state index in [1.807, 2.05) is 12.1 Å². The highest BCUT2D eigenvalue weighted by Crippen LogP contribution is 2.34.